The SMILES string of the molecule is COc1c2c(cc3c1C(CC(=O)C1CC=C(CCC=C(C)C)CC1)N(C)CC3)OCO2. The molecule has 168 valence electrons. The molecule has 3 aliphatic rings. The summed E-state index contributed by atoms with van der Waals surface area (Å²) in [6.07, 6.45) is 11.2. The molecule has 1 aromatic rings. The number of hydrogen-bond acceptors (Lipinski definition) is 5. The lowest BCUT2D eigenvalue weighted by atomic mass is 9.81. The second kappa shape index (κ2) is 9.47. The molecule has 0 bridgehead atoms. The number of allylic oxidation sites excluding steroid dienone is 4. The average molecular weight is 426 g/mol. The topological polar surface area (TPSA) is 48.0 Å². The van der Waals surface area contributed by atoms with E-state index in [1.165, 1.54) is 16.7 Å². The summed E-state index contributed by atoms with van der Waals surface area (Å²) in [5, 5.41) is 0. The number of carbonyl (C=O) groups excluding carboxylic acids is 1. The van der Waals surface area contributed by atoms with Gasteiger partial charge in [0.2, 0.25) is 12.5 Å². The van der Waals surface area contributed by atoms with Crippen LogP contribution in [0.2, 0.25) is 0 Å². The number of carbonyl (C=O) groups is 1. The summed E-state index contributed by atoms with van der Waals surface area (Å²) in [6.45, 7) is 5.44. The van der Waals surface area contributed by atoms with Crippen molar-refractivity contribution in [1.82, 2.24) is 4.90 Å². The molecule has 4 rings (SSSR count). The van der Waals surface area contributed by atoms with E-state index in [1.54, 1.807) is 7.11 Å². The second-order valence-electron chi connectivity index (χ2n) is 9.29. The Hall–Kier alpha value is -2.27. The van der Waals surface area contributed by atoms with Gasteiger partial charge in [0.25, 0.3) is 0 Å². The Balaban J connectivity index is 1.47. The number of fused-ring (bicyclic) bond motifs is 2. The molecule has 1 aliphatic carbocycles. The Morgan fingerprint density at radius 2 is 2.13 bits per heavy atom. The zero-order chi connectivity index (χ0) is 22.0. The number of benzene rings is 1. The van der Waals surface area contributed by atoms with Crippen LogP contribution in [0, 0.1) is 5.92 Å². The van der Waals surface area contributed by atoms with Crippen molar-refractivity contribution in [2.45, 2.75) is 64.8 Å². The Morgan fingerprint density at radius 3 is 2.84 bits per heavy atom. The van der Waals surface area contributed by atoms with Crippen LogP contribution in [0.3, 0.4) is 0 Å². The van der Waals surface area contributed by atoms with Crippen LogP contribution in [0.4, 0.5) is 0 Å². The highest BCUT2D eigenvalue weighted by atomic mass is 16.7. The normalized spacial score (nSPS) is 22.5. The van der Waals surface area contributed by atoms with E-state index in [4.69, 9.17) is 14.2 Å². The van der Waals surface area contributed by atoms with E-state index < -0.39 is 0 Å². The van der Waals surface area contributed by atoms with Gasteiger partial charge in [0.1, 0.15) is 5.78 Å². The van der Waals surface area contributed by atoms with E-state index in [0.29, 0.717) is 18.0 Å². The van der Waals surface area contributed by atoms with Gasteiger partial charge in [0.15, 0.2) is 11.5 Å². The van der Waals surface area contributed by atoms with Gasteiger partial charge in [0, 0.05) is 30.5 Å². The van der Waals surface area contributed by atoms with E-state index in [2.05, 4.69) is 44.0 Å². The van der Waals surface area contributed by atoms with Crippen LogP contribution >= 0.6 is 0 Å². The summed E-state index contributed by atoms with van der Waals surface area (Å²) < 4.78 is 17.1. The number of ether oxygens (including phenoxy) is 3. The summed E-state index contributed by atoms with van der Waals surface area (Å²) in [5.74, 6) is 2.66. The smallest absolute Gasteiger partial charge is 0.231 e. The van der Waals surface area contributed by atoms with Crippen molar-refractivity contribution in [3.05, 3.63) is 40.5 Å². The Kier molecular flexibility index (Phi) is 6.71. The van der Waals surface area contributed by atoms with Crippen LogP contribution < -0.4 is 14.2 Å². The Bertz CT molecular complexity index is 897. The second-order valence-corrected chi connectivity index (χ2v) is 9.29. The average Bonchev–Trinajstić information content (AvgIpc) is 3.22. The standard InChI is InChI=1S/C26H35NO4/c1-17(2)6-5-7-18-8-10-19(11-9-18)22(28)15-21-24-20(12-13-27(21)3)14-23-25(26(24)29-4)31-16-30-23/h6,8,14,19,21H,5,7,9-13,15-16H2,1-4H3. The highest BCUT2D eigenvalue weighted by molar-refractivity contribution is 5.82. The van der Waals surface area contributed by atoms with Gasteiger partial charge >= 0.3 is 0 Å². The Morgan fingerprint density at radius 1 is 1.29 bits per heavy atom. The lowest BCUT2D eigenvalue weighted by Crippen LogP contribution is -2.35. The molecule has 0 saturated carbocycles. The van der Waals surface area contributed by atoms with Crippen molar-refractivity contribution < 1.29 is 19.0 Å². The van der Waals surface area contributed by atoms with E-state index in [1.807, 2.05) is 0 Å². The first-order chi connectivity index (χ1) is 15.0. The van der Waals surface area contributed by atoms with Crippen molar-refractivity contribution in [2.24, 2.45) is 5.92 Å². The molecular formula is C26H35NO4. The van der Waals surface area contributed by atoms with Crippen LogP contribution in [-0.2, 0) is 11.2 Å². The van der Waals surface area contributed by atoms with Crippen LogP contribution in [0.1, 0.15) is 69.5 Å². The third kappa shape index (κ3) is 4.67. The molecule has 5 heteroatoms. The molecule has 0 amide bonds. The molecule has 0 aromatic heterocycles. The molecule has 0 radical (unpaired) electrons. The molecule has 0 fully saturated rings. The van der Waals surface area contributed by atoms with Gasteiger partial charge < -0.3 is 14.2 Å². The van der Waals surface area contributed by atoms with Gasteiger partial charge in [-0.1, -0.05) is 23.3 Å². The quantitative estimate of drug-likeness (QED) is 0.549. The third-order valence-corrected chi connectivity index (χ3v) is 6.92. The van der Waals surface area contributed by atoms with Gasteiger partial charge in [-0.25, -0.2) is 0 Å². The van der Waals surface area contributed by atoms with Crippen molar-refractivity contribution in [3.8, 4) is 17.2 Å². The summed E-state index contributed by atoms with van der Waals surface area (Å²) in [5.41, 5.74) is 5.19. The van der Waals surface area contributed by atoms with E-state index in [9.17, 15) is 4.79 Å². The number of hydrogen-bond donors (Lipinski definition) is 0. The summed E-state index contributed by atoms with van der Waals surface area (Å²) >= 11 is 0. The molecule has 2 atom stereocenters. The lowest BCUT2D eigenvalue weighted by Gasteiger charge is -2.36. The number of ketones is 1. The van der Waals surface area contributed by atoms with Crippen LogP contribution in [0.15, 0.2) is 29.4 Å². The molecule has 0 N–H and O–H groups in total. The van der Waals surface area contributed by atoms with Gasteiger partial charge in [-0.3, -0.25) is 9.69 Å². The molecule has 5 nitrogen and oxygen atoms in total. The number of nitrogens with zero attached hydrogens (tertiary/aromatic N) is 1. The molecule has 2 heterocycles. The maximum absolute atomic E-state index is 13.3. The van der Waals surface area contributed by atoms with Gasteiger partial charge in [-0.2, -0.15) is 0 Å². The van der Waals surface area contributed by atoms with Gasteiger partial charge in [-0.05, 0) is 71.0 Å². The van der Waals surface area contributed by atoms with E-state index >= 15 is 0 Å². The molecular weight excluding hydrogens is 390 g/mol. The molecule has 0 spiro atoms. The minimum Gasteiger partial charge on any atom is -0.492 e. The van der Waals surface area contributed by atoms with Gasteiger partial charge in [-0.15, -0.1) is 0 Å². The molecule has 31 heavy (non-hydrogen) atoms. The maximum Gasteiger partial charge on any atom is 0.231 e. The number of Topliss-reactive ketones (excluding diaryl/α,β-unsaturated/α-hetero) is 1. The van der Waals surface area contributed by atoms with Gasteiger partial charge in [0.05, 0.1) is 7.11 Å². The number of rotatable bonds is 7. The Labute approximate surface area is 186 Å². The first kappa shape index (κ1) is 21.9. The molecule has 2 unspecified atom stereocenters. The van der Waals surface area contributed by atoms with Crippen molar-refractivity contribution >= 4 is 5.78 Å². The first-order valence-corrected chi connectivity index (χ1v) is 11.5. The molecule has 2 aliphatic heterocycles. The first-order valence-electron chi connectivity index (χ1n) is 11.5. The maximum atomic E-state index is 13.3. The highest BCUT2D eigenvalue weighted by Crippen LogP contribution is 2.50. The summed E-state index contributed by atoms with van der Waals surface area (Å²) in [4.78, 5) is 15.6. The minimum atomic E-state index is 0.0174. The monoisotopic (exact) mass is 425 g/mol. The van der Waals surface area contributed by atoms with Crippen molar-refractivity contribution in [1.29, 1.82) is 0 Å². The fourth-order valence-corrected chi connectivity index (χ4v) is 5.09. The predicted octanol–water partition coefficient (Wildman–Crippen LogP) is 5.39. The van der Waals surface area contributed by atoms with Crippen LogP contribution in [0.25, 0.3) is 0 Å². The summed E-state index contributed by atoms with van der Waals surface area (Å²) in [7, 11) is 3.78. The minimum absolute atomic E-state index is 0.0174. The van der Waals surface area contributed by atoms with Crippen molar-refractivity contribution in [2.75, 3.05) is 27.5 Å². The number of methoxy groups -OCH3 is 1. The van der Waals surface area contributed by atoms with E-state index in [0.717, 1.165) is 62.1 Å². The predicted molar refractivity (Wildman–Crippen MR) is 122 cm³/mol. The molecule has 0 saturated heterocycles. The number of likely N-dealkylation sites (N-methyl/N-ethyl adjacent to an activating group) is 1. The summed E-state index contributed by atoms with van der Waals surface area (Å²) in [6, 6.07) is 2.09. The highest BCUT2D eigenvalue weighted by Gasteiger charge is 2.36. The fourth-order valence-electron chi connectivity index (χ4n) is 5.09. The van der Waals surface area contributed by atoms with Crippen molar-refractivity contribution in [3.63, 3.8) is 0 Å². The van der Waals surface area contributed by atoms with Crippen LogP contribution in [0.5, 0.6) is 17.2 Å². The fraction of sp³-hybridized carbons (Fsp3) is 0.577. The zero-order valence-electron chi connectivity index (χ0n) is 19.3. The van der Waals surface area contributed by atoms with Crippen LogP contribution in [-0.4, -0.2) is 38.2 Å². The van der Waals surface area contributed by atoms with E-state index in [-0.39, 0.29) is 18.8 Å². The largest absolute Gasteiger partial charge is 0.492 e. The molecule has 1 aromatic carbocycles. The zero-order valence-corrected chi connectivity index (χ0v) is 19.3. The lowest BCUT2D eigenvalue weighted by molar-refractivity contribution is -0.124. The third-order valence-electron chi connectivity index (χ3n) is 6.92.